The first-order valence-electron chi connectivity index (χ1n) is 7.73. The van der Waals surface area contributed by atoms with Crippen molar-refractivity contribution >= 4 is 10.0 Å². The second-order valence-corrected chi connectivity index (χ2v) is 7.10. The molecule has 1 aromatic heterocycles. The smallest absolute Gasteiger partial charge is 0.244 e. The Labute approximate surface area is 155 Å². The van der Waals surface area contributed by atoms with Crippen molar-refractivity contribution in [2.24, 2.45) is 0 Å². The van der Waals surface area contributed by atoms with Gasteiger partial charge in [0.15, 0.2) is 0 Å². The van der Waals surface area contributed by atoms with Crippen molar-refractivity contribution < 1.29 is 26.8 Å². The Hall–Kier alpha value is -2.98. The number of aromatic nitrogens is 2. The number of nitrogens with one attached hydrogen (secondary N) is 1. The Balaban J connectivity index is 1.75. The highest BCUT2D eigenvalue weighted by atomic mass is 32.2. The number of rotatable bonds is 7. The number of ether oxygens (including phenoxy) is 2. The fraction of sp³-hybridized carbons (Fsp3) is 0.176. The van der Waals surface area contributed by atoms with E-state index in [-0.39, 0.29) is 23.1 Å². The van der Waals surface area contributed by atoms with E-state index < -0.39 is 15.8 Å². The molecule has 0 fully saturated rings. The van der Waals surface area contributed by atoms with Gasteiger partial charge in [-0.05, 0) is 42.5 Å². The molecule has 0 saturated carbocycles. The molecule has 8 nitrogen and oxygen atoms in total. The van der Waals surface area contributed by atoms with Crippen LogP contribution in [0.1, 0.15) is 5.89 Å². The molecule has 0 unspecified atom stereocenters. The van der Waals surface area contributed by atoms with Crippen LogP contribution in [0.3, 0.4) is 0 Å². The van der Waals surface area contributed by atoms with Gasteiger partial charge in [-0.3, -0.25) is 0 Å². The van der Waals surface area contributed by atoms with Gasteiger partial charge in [0.25, 0.3) is 0 Å². The van der Waals surface area contributed by atoms with E-state index in [1.54, 1.807) is 31.4 Å². The van der Waals surface area contributed by atoms with Crippen LogP contribution in [0.5, 0.6) is 11.5 Å². The lowest BCUT2D eigenvalue weighted by Gasteiger charge is -2.09. The van der Waals surface area contributed by atoms with E-state index in [0.717, 1.165) is 12.1 Å². The van der Waals surface area contributed by atoms with Gasteiger partial charge in [-0.15, -0.1) is 0 Å². The maximum absolute atomic E-state index is 13.4. The monoisotopic (exact) mass is 393 g/mol. The number of methoxy groups -OCH3 is 2. The summed E-state index contributed by atoms with van der Waals surface area (Å²) in [5.74, 6) is 0.360. The molecular formula is C17H16FN3O5S. The third-order valence-electron chi connectivity index (χ3n) is 3.64. The second kappa shape index (κ2) is 7.72. The van der Waals surface area contributed by atoms with Gasteiger partial charge in [0.2, 0.25) is 21.7 Å². The Morgan fingerprint density at radius 3 is 2.52 bits per heavy atom. The zero-order valence-corrected chi connectivity index (χ0v) is 15.3. The molecule has 10 heteroatoms. The Bertz CT molecular complexity index is 1030. The Morgan fingerprint density at radius 1 is 1.11 bits per heavy atom. The summed E-state index contributed by atoms with van der Waals surface area (Å²) in [6.07, 6.45) is 0. The number of hydrogen-bond acceptors (Lipinski definition) is 7. The molecule has 0 radical (unpaired) electrons. The minimum absolute atomic E-state index is 0.0216. The van der Waals surface area contributed by atoms with E-state index in [0.29, 0.717) is 17.1 Å². The van der Waals surface area contributed by atoms with Crippen LogP contribution < -0.4 is 14.2 Å². The first-order valence-corrected chi connectivity index (χ1v) is 9.21. The highest BCUT2D eigenvalue weighted by Crippen LogP contribution is 2.24. The van der Waals surface area contributed by atoms with Gasteiger partial charge in [-0.1, -0.05) is 5.16 Å². The lowest BCUT2D eigenvalue weighted by Crippen LogP contribution is -2.24. The van der Waals surface area contributed by atoms with Crippen LogP contribution in [0.4, 0.5) is 4.39 Å². The van der Waals surface area contributed by atoms with Gasteiger partial charge < -0.3 is 14.0 Å². The summed E-state index contributed by atoms with van der Waals surface area (Å²) in [4.78, 5) is 3.82. The normalized spacial score (nSPS) is 11.4. The van der Waals surface area contributed by atoms with E-state index in [2.05, 4.69) is 14.9 Å². The van der Waals surface area contributed by atoms with Crippen molar-refractivity contribution in [1.82, 2.24) is 14.9 Å². The molecule has 3 rings (SSSR count). The summed E-state index contributed by atoms with van der Waals surface area (Å²) in [5.41, 5.74) is 0.681. The van der Waals surface area contributed by atoms with E-state index in [1.807, 2.05) is 0 Å². The largest absolute Gasteiger partial charge is 0.497 e. The van der Waals surface area contributed by atoms with E-state index >= 15 is 0 Å². The second-order valence-electron chi connectivity index (χ2n) is 5.36. The van der Waals surface area contributed by atoms with E-state index in [9.17, 15) is 12.8 Å². The summed E-state index contributed by atoms with van der Waals surface area (Å²) in [7, 11) is -1.19. The number of benzene rings is 2. The lowest BCUT2D eigenvalue weighted by molar-refractivity contribution is 0.375. The van der Waals surface area contributed by atoms with Crippen molar-refractivity contribution in [3.63, 3.8) is 0 Å². The number of sulfonamides is 1. The molecule has 0 amide bonds. The highest BCUT2D eigenvalue weighted by Gasteiger charge is 2.21. The maximum atomic E-state index is 13.4. The summed E-state index contributed by atoms with van der Waals surface area (Å²) >= 11 is 0. The molecule has 0 aliphatic heterocycles. The van der Waals surface area contributed by atoms with Gasteiger partial charge >= 0.3 is 0 Å². The minimum Gasteiger partial charge on any atom is -0.497 e. The van der Waals surface area contributed by atoms with Crippen LogP contribution in [0, 0.1) is 5.82 Å². The molecule has 0 bridgehead atoms. The van der Waals surface area contributed by atoms with Crippen molar-refractivity contribution in [2.75, 3.05) is 14.2 Å². The zero-order valence-electron chi connectivity index (χ0n) is 14.5. The van der Waals surface area contributed by atoms with Gasteiger partial charge in [0.1, 0.15) is 22.2 Å². The fourth-order valence-corrected chi connectivity index (χ4v) is 3.43. The summed E-state index contributed by atoms with van der Waals surface area (Å²) in [6, 6.07) is 10.2. The third-order valence-corrected chi connectivity index (χ3v) is 5.07. The van der Waals surface area contributed by atoms with Crippen LogP contribution in [0.25, 0.3) is 11.4 Å². The molecule has 0 aliphatic rings. The van der Waals surface area contributed by atoms with Gasteiger partial charge in [-0.2, -0.15) is 4.98 Å². The number of nitrogens with zero attached hydrogens (tertiary/aromatic N) is 2. The summed E-state index contributed by atoms with van der Waals surface area (Å²) in [6.45, 7) is -0.259. The topological polar surface area (TPSA) is 104 Å². The molecule has 0 aliphatic carbocycles. The molecule has 0 atom stereocenters. The van der Waals surface area contributed by atoms with Crippen LogP contribution in [0.15, 0.2) is 51.9 Å². The van der Waals surface area contributed by atoms with Crippen molar-refractivity contribution in [3.05, 3.63) is 54.2 Å². The van der Waals surface area contributed by atoms with Gasteiger partial charge in [0.05, 0.1) is 20.8 Å². The average Bonchev–Trinajstić information content (AvgIpc) is 3.15. The van der Waals surface area contributed by atoms with Crippen molar-refractivity contribution in [1.29, 1.82) is 0 Å². The Kier molecular flexibility index (Phi) is 5.38. The van der Waals surface area contributed by atoms with Gasteiger partial charge in [0, 0.05) is 5.56 Å². The van der Waals surface area contributed by atoms with Crippen molar-refractivity contribution in [3.8, 4) is 22.9 Å². The third kappa shape index (κ3) is 4.23. The van der Waals surface area contributed by atoms with Crippen LogP contribution in [-0.2, 0) is 16.6 Å². The van der Waals surface area contributed by atoms with Crippen LogP contribution in [0.2, 0.25) is 0 Å². The zero-order chi connectivity index (χ0) is 19.4. The summed E-state index contributed by atoms with van der Waals surface area (Å²) < 4.78 is 55.7. The molecular weight excluding hydrogens is 377 g/mol. The average molecular weight is 393 g/mol. The Morgan fingerprint density at radius 2 is 1.85 bits per heavy atom. The molecule has 27 heavy (non-hydrogen) atoms. The minimum atomic E-state index is -4.05. The predicted molar refractivity (Wildman–Crippen MR) is 93.3 cm³/mol. The summed E-state index contributed by atoms with van der Waals surface area (Å²) in [5, 5.41) is 3.82. The molecule has 2 aromatic carbocycles. The van der Waals surface area contributed by atoms with Crippen molar-refractivity contribution in [2.45, 2.75) is 11.4 Å². The van der Waals surface area contributed by atoms with E-state index in [4.69, 9.17) is 14.0 Å². The van der Waals surface area contributed by atoms with Crippen LogP contribution in [-0.4, -0.2) is 32.8 Å². The predicted octanol–water partition coefficient (Wildman–Crippen LogP) is 2.37. The molecule has 1 heterocycles. The van der Waals surface area contributed by atoms with E-state index in [1.165, 1.54) is 13.2 Å². The first kappa shape index (κ1) is 18.8. The molecule has 3 aromatic rings. The quantitative estimate of drug-likeness (QED) is 0.657. The molecule has 142 valence electrons. The van der Waals surface area contributed by atoms with Crippen LogP contribution >= 0.6 is 0 Å². The molecule has 1 N–H and O–H groups in total. The fourth-order valence-electron chi connectivity index (χ4n) is 2.28. The SMILES string of the molecule is COc1ccc(-c2noc(CNS(=O)(=O)c3cc(F)ccc3OC)n2)cc1. The van der Waals surface area contributed by atoms with Gasteiger partial charge in [-0.25, -0.2) is 17.5 Å². The first-order chi connectivity index (χ1) is 12.9. The lowest BCUT2D eigenvalue weighted by atomic mass is 10.2. The maximum Gasteiger partial charge on any atom is 0.244 e. The molecule has 0 saturated heterocycles. The number of halogens is 1. The standard InChI is InChI=1S/C17H16FN3O5S/c1-24-13-6-3-11(4-7-13)17-20-16(26-21-17)10-19-27(22,23)15-9-12(18)5-8-14(15)25-2/h3-9,19H,10H2,1-2H3. The molecule has 0 spiro atoms. The highest BCUT2D eigenvalue weighted by molar-refractivity contribution is 7.89. The number of hydrogen-bond donors (Lipinski definition) is 1.